The van der Waals surface area contributed by atoms with Crippen LogP contribution in [0.4, 0.5) is 13.2 Å². The average Bonchev–Trinajstić information content (AvgIpc) is 3.28. The van der Waals surface area contributed by atoms with Gasteiger partial charge >= 0.3 is 12.1 Å². The average molecular weight is 329 g/mol. The number of alkyl halides is 3. The van der Waals surface area contributed by atoms with Gasteiger partial charge in [0, 0.05) is 12.5 Å². The van der Waals surface area contributed by atoms with Crippen LogP contribution in [0.5, 0.6) is 0 Å². The SMILES string of the molecule is CC(CC(=O)N(CC(=O)O)C1CC1)c1ccc(C(F)(F)F)cc1. The van der Waals surface area contributed by atoms with Gasteiger partial charge in [0.05, 0.1) is 5.56 Å². The van der Waals surface area contributed by atoms with Crippen molar-refractivity contribution in [1.82, 2.24) is 4.90 Å². The molecule has 23 heavy (non-hydrogen) atoms. The van der Waals surface area contributed by atoms with E-state index in [1.165, 1.54) is 17.0 Å². The predicted molar refractivity (Wildman–Crippen MR) is 76.8 cm³/mol. The normalized spacial score (nSPS) is 16.0. The molecule has 1 atom stereocenters. The first-order valence-electron chi connectivity index (χ1n) is 7.37. The lowest BCUT2D eigenvalue weighted by Gasteiger charge is -2.22. The number of carbonyl (C=O) groups excluding carboxylic acids is 1. The van der Waals surface area contributed by atoms with E-state index in [4.69, 9.17) is 5.11 Å². The summed E-state index contributed by atoms with van der Waals surface area (Å²) in [6, 6.07) is 4.69. The van der Waals surface area contributed by atoms with E-state index in [9.17, 15) is 22.8 Å². The highest BCUT2D eigenvalue weighted by molar-refractivity contribution is 5.82. The van der Waals surface area contributed by atoms with Gasteiger partial charge in [-0.15, -0.1) is 0 Å². The van der Waals surface area contributed by atoms with E-state index in [0.29, 0.717) is 5.56 Å². The van der Waals surface area contributed by atoms with Crippen molar-refractivity contribution >= 4 is 11.9 Å². The number of halogens is 3. The molecule has 1 saturated carbocycles. The minimum absolute atomic E-state index is 0.0154. The van der Waals surface area contributed by atoms with Crippen LogP contribution < -0.4 is 0 Å². The highest BCUT2D eigenvalue weighted by atomic mass is 19.4. The Labute approximate surface area is 131 Å². The number of rotatable bonds is 6. The maximum Gasteiger partial charge on any atom is 0.416 e. The summed E-state index contributed by atoms with van der Waals surface area (Å²) in [6.07, 6.45) is -2.71. The number of amides is 1. The molecule has 0 radical (unpaired) electrons. The summed E-state index contributed by atoms with van der Waals surface area (Å²) in [7, 11) is 0. The van der Waals surface area contributed by atoms with Gasteiger partial charge in [0.2, 0.25) is 5.91 Å². The molecule has 1 amide bonds. The quantitative estimate of drug-likeness (QED) is 0.871. The third kappa shape index (κ3) is 4.71. The topological polar surface area (TPSA) is 57.6 Å². The van der Waals surface area contributed by atoms with Gasteiger partial charge in [-0.05, 0) is 36.5 Å². The van der Waals surface area contributed by atoms with Crippen molar-refractivity contribution in [2.75, 3.05) is 6.54 Å². The number of aliphatic carboxylic acids is 1. The van der Waals surface area contributed by atoms with Crippen LogP contribution in [0, 0.1) is 0 Å². The van der Waals surface area contributed by atoms with Gasteiger partial charge < -0.3 is 10.0 Å². The maximum atomic E-state index is 12.5. The van der Waals surface area contributed by atoms with Crippen molar-refractivity contribution in [3.63, 3.8) is 0 Å². The molecular formula is C16H18F3NO3. The Morgan fingerprint density at radius 1 is 1.26 bits per heavy atom. The van der Waals surface area contributed by atoms with E-state index >= 15 is 0 Å². The maximum absolute atomic E-state index is 12.5. The molecule has 4 nitrogen and oxygen atoms in total. The first kappa shape index (κ1) is 17.3. The lowest BCUT2D eigenvalue weighted by Crippen LogP contribution is -2.37. The van der Waals surface area contributed by atoms with Gasteiger partial charge in [-0.3, -0.25) is 9.59 Å². The van der Waals surface area contributed by atoms with Crippen molar-refractivity contribution in [3.8, 4) is 0 Å². The summed E-state index contributed by atoms with van der Waals surface area (Å²) in [6.45, 7) is 1.41. The Morgan fingerprint density at radius 3 is 2.26 bits per heavy atom. The van der Waals surface area contributed by atoms with Crippen molar-refractivity contribution in [3.05, 3.63) is 35.4 Å². The third-order valence-electron chi connectivity index (χ3n) is 3.90. The molecule has 0 heterocycles. The molecule has 126 valence electrons. The second-order valence-corrected chi connectivity index (χ2v) is 5.87. The van der Waals surface area contributed by atoms with Crippen LogP contribution in [0.2, 0.25) is 0 Å². The number of carbonyl (C=O) groups is 2. The number of hydrogen-bond acceptors (Lipinski definition) is 2. The first-order valence-corrected chi connectivity index (χ1v) is 7.37. The number of carboxylic acids is 1. The van der Waals surface area contributed by atoms with Gasteiger partial charge in [-0.1, -0.05) is 19.1 Å². The Morgan fingerprint density at radius 2 is 1.83 bits per heavy atom. The molecule has 1 fully saturated rings. The summed E-state index contributed by atoms with van der Waals surface area (Å²) in [5, 5.41) is 8.87. The molecule has 0 bridgehead atoms. The second kappa shape index (κ2) is 6.60. The fourth-order valence-electron chi connectivity index (χ4n) is 2.45. The number of benzene rings is 1. The Kier molecular flexibility index (Phi) is 4.97. The van der Waals surface area contributed by atoms with E-state index in [0.717, 1.165) is 25.0 Å². The van der Waals surface area contributed by atoms with Crippen molar-refractivity contribution < 1.29 is 27.9 Å². The third-order valence-corrected chi connectivity index (χ3v) is 3.90. The van der Waals surface area contributed by atoms with E-state index in [2.05, 4.69) is 0 Å². The zero-order valence-electron chi connectivity index (χ0n) is 12.6. The molecule has 1 N–H and O–H groups in total. The molecule has 1 unspecified atom stereocenters. The number of carboxylic acid groups (broad SMARTS) is 1. The molecule has 7 heteroatoms. The van der Waals surface area contributed by atoms with Gasteiger partial charge in [0.15, 0.2) is 0 Å². The van der Waals surface area contributed by atoms with Crippen molar-refractivity contribution in [2.45, 2.75) is 44.3 Å². The second-order valence-electron chi connectivity index (χ2n) is 5.87. The molecule has 1 aromatic carbocycles. The number of nitrogens with zero attached hydrogens (tertiary/aromatic N) is 1. The molecule has 1 aliphatic carbocycles. The smallest absolute Gasteiger partial charge is 0.416 e. The van der Waals surface area contributed by atoms with E-state index in [1.807, 2.05) is 0 Å². The zero-order chi connectivity index (χ0) is 17.2. The summed E-state index contributed by atoms with van der Waals surface area (Å²) in [5.74, 6) is -1.62. The van der Waals surface area contributed by atoms with Gasteiger partial charge in [-0.2, -0.15) is 13.2 Å². The van der Waals surface area contributed by atoms with Crippen LogP contribution in [0.15, 0.2) is 24.3 Å². The molecule has 1 aliphatic rings. The van der Waals surface area contributed by atoms with Crippen molar-refractivity contribution in [1.29, 1.82) is 0 Å². The van der Waals surface area contributed by atoms with Crippen molar-refractivity contribution in [2.24, 2.45) is 0 Å². The van der Waals surface area contributed by atoms with Crippen LogP contribution in [-0.2, 0) is 15.8 Å². The van der Waals surface area contributed by atoms with Gasteiger partial charge in [0.1, 0.15) is 6.54 Å². The fourth-order valence-corrected chi connectivity index (χ4v) is 2.45. The summed E-state index contributed by atoms with van der Waals surface area (Å²) in [5.41, 5.74) is -0.109. The minimum atomic E-state index is -4.39. The van der Waals surface area contributed by atoms with Crippen LogP contribution in [0.25, 0.3) is 0 Å². The Hall–Kier alpha value is -2.05. The van der Waals surface area contributed by atoms with Crippen LogP contribution in [0.1, 0.15) is 43.2 Å². The largest absolute Gasteiger partial charge is 0.480 e. The van der Waals surface area contributed by atoms with E-state index in [1.54, 1.807) is 6.92 Å². The highest BCUT2D eigenvalue weighted by Crippen LogP contribution is 2.32. The Balaban J connectivity index is 2.01. The zero-order valence-corrected chi connectivity index (χ0v) is 12.6. The number of hydrogen-bond donors (Lipinski definition) is 1. The van der Waals surface area contributed by atoms with E-state index < -0.39 is 17.7 Å². The Bertz CT molecular complexity index is 579. The molecule has 1 aromatic rings. The standard InChI is InChI=1S/C16H18F3NO3/c1-10(11-2-4-12(5-3-11)16(17,18)19)8-14(21)20(9-15(22)23)13-6-7-13/h2-5,10,13H,6-9H2,1H3,(H,22,23). The van der Waals surface area contributed by atoms with Crippen LogP contribution in [-0.4, -0.2) is 34.5 Å². The molecular weight excluding hydrogens is 311 g/mol. The monoisotopic (exact) mass is 329 g/mol. The summed E-state index contributed by atoms with van der Waals surface area (Å²) < 4.78 is 37.6. The molecule has 0 spiro atoms. The molecule has 0 aliphatic heterocycles. The lowest BCUT2D eigenvalue weighted by atomic mass is 9.96. The van der Waals surface area contributed by atoms with Gasteiger partial charge in [0.25, 0.3) is 0 Å². The lowest BCUT2D eigenvalue weighted by molar-refractivity contribution is -0.145. The van der Waals surface area contributed by atoms with E-state index in [-0.39, 0.29) is 30.8 Å². The fraction of sp³-hybridized carbons (Fsp3) is 0.500. The minimum Gasteiger partial charge on any atom is -0.480 e. The highest BCUT2D eigenvalue weighted by Gasteiger charge is 2.34. The van der Waals surface area contributed by atoms with Gasteiger partial charge in [-0.25, -0.2) is 0 Å². The first-order chi connectivity index (χ1) is 10.7. The van der Waals surface area contributed by atoms with Crippen LogP contribution >= 0.6 is 0 Å². The van der Waals surface area contributed by atoms with Crippen LogP contribution in [0.3, 0.4) is 0 Å². The summed E-state index contributed by atoms with van der Waals surface area (Å²) in [4.78, 5) is 24.4. The molecule has 2 rings (SSSR count). The predicted octanol–water partition coefficient (Wildman–Crippen LogP) is 3.27. The summed E-state index contributed by atoms with van der Waals surface area (Å²) >= 11 is 0. The molecule has 0 aromatic heterocycles. The molecule has 0 saturated heterocycles.